The molecule has 1 atom stereocenters. The van der Waals surface area contributed by atoms with Crippen LogP contribution in [-0.2, 0) is 9.53 Å². The van der Waals surface area contributed by atoms with Crippen LogP contribution >= 0.6 is 11.6 Å². The molecule has 0 amide bonds. The van der Waals surface area contributed by atoms with E-state index in [0.29, 0.717) is 10.6 Å². The van der Waals surface area contributed by atoms with Crippen LogP contribution in [0.15, 0.2) is 40.9 Å². The minimum atomic E-state index is -0.412. The van der Waals surface area contributed by atoms with E-state index in [-0.39, 0.29) is 5.97 Å². The number of hydrogen-bond donors (Lipinski definition) is 0. The van der Waals surface area contributed by atoms with Gasteiger partial charge in [0.15, 0.2) is 6.10 Å². The van der Waals surface area contributed by atoms with Crippen LogP contribution in [0, 0.1) is 0 Å². The Morgan fingerprint density at radius 1 is 1.29 bits per heavy atom. The Hall–Kier alpha value is -1.28. The second kappa shape index (κ2) is 3.46. The van der Waals surface area contributed by atoms with Gasteiger partial charge in [0.25, 0.3) is 0 Å². The zero-order valence-electron chi connectivity index (χ0n) is 7.66. The van der Waals surface area contributed by atoms with E-state index in [1.54, 1.807) is 6.92 Å². The van der Waals surface area contributed by atoms with Crippen molar-refractivity contribution >= 4 is 17.6 Å². The Bertz CT molecular complexity index is 395. The number of esters is 1. The summed E-state index contributed by atoms with van der Waals surface area (Å²) >= 11 is 5.99. The predicted octanol–water partition coefficient (Wildman–Crippen LogP) is 2.80. The number of rotatable bonds is 1. The highest BCUT2D eigenvalue weighted by Gasteiger charge is 2.31. The number of cyclic esters (lactones) is 1. The van der Waals surface area contributed by atoms with Crippen molar-refractivity contribution in [3.05, 3.63) is 46.5 Å². The van der Waals surface area contributed by atoms with Gasteiger partial charge in [-0.25, -0.2) is 4.79 Å². The summed E-state index contributed by atoms with van der Waals surface area (Å²) in [5.74, 6) is -0.330. The van der Waals surface area contributed by atoms with Gasteiger partial charge in [0.1, 0.15) is 0 Å². The van der Waals surface area contributed by atoms with Crippen molar-refractivity contribution in [2.75, 3.05) is 0 Å². The molecule has 72 valence electrons. The van der Waals surface area contributed by atoms with Crippen molar-refractivity contribution in [1.29, 1.82) is 0 Å². The number of halogens is 1. The van der Waals surface area contributed by atoms with Gasteiger partial charge >= 0.3 is 5.97 Å². The fraction of sp³-hybridized carbons (Fsp3) is 0.182. The standard InChI is InChI=1S/C11H9ClO2/c1-7-9(12)10(14-11(7)13)8-5-3-2-4-6-8/h2-6,10H,1H3/t10-/m1/s1. The highest BCUT2D eigenvalue weighted by molar-refractivity contribution is 6.33. The minimum Gasteiger partial charge on any atom is -0.448 e. The van der Waals surface area contributed by atoms with Crippen LogP contribution in [0.1, 0.15) is 18.6 Å². The number of benzene rings is 1. The summed E-state index contributed by atoms with van der Waals surface area (Å²) in [6.07, 6.45) is -0.412. The van der Waals surface area contributed by atoms with Crippen LogP contribution < -0.4 is 0 Å². The van der Waals surface area contributed by atoms with E-state index >= 15 is 0 Å². The van der Waals surface area contributed by atoms with Crippen molar-refractivity contribution in [2.45, 2.75) is 13.0 Å². The summed E-state index contributed by atoms with van der Waals surface area (Å²) in [5, 5.41) is 0.487. The Balaban J connectivity index is 2.36. The van der Waals surface area contributed by atoms with Crippen LogP contribution in [-0.4, -0.2) is 5.97 Å². The predicted molar refractivity (Wildman–Crippen MR) is 53.8 cm³/mol. The molecule has 0 saturated heterocycles. The molecule has 2 rings (SSSR count). The first-order chi connectivity index (χ1) is 6.70. The highest BCUT2D eigenvalue weighted by Crippen LogP contribution is 2.36. The van der Waals surface area contributed by atoms with Crippen LogP contribution in [0.25, 0.3) is 0 Å². The summed E-state index contributed by atoms with van der Waals surface area (Å²) in [6, 6.07) is 9.46. The summed E-state index contributed by atoms with van der Waals surface area (Å²) in [7, 11) is 0. The third-order valence-electron chi connectivity index (χ3n) is 2.22. The lowest BCUT2D eigenvalue weighted by Gasteiger charge is -2.09. The van der Waals surface area contributed by atoms with Gasteiger partial charge in [-0.15, -0.1) is 0 Å². The van der Waals surface area contributed by atoms with Gasteiger partial charge in [0.2, 0.25) is 0 Å². The molecular weight excluding hydrogens is 200 g/mol. The molecule has 0 aliphatic carbocycles. The van der Waals surface area contributed by atoms with E-state index < -0.39 is 6.10 Å². The Labute approximate surface area is 87.1 Å². The smallest absolute Gasteiger partial charge is 0.336 e. The molecule has 0 fully saturated rings. The van der Waals surface area contributed by atoms with E-state index in [2.05, 4.69) is 0 Å². The van der Waals surface area contributed by atoms with Crippen LogP contribution in [0.5, 0.6) is 0 Å². The molecule has 14 heavy (non-hydrogen) atoms. The molecule has 1 aromatic carbocycles. The fourth-order valence-corrected chi connectivity index (χ4v) is 1.63. The van der Waals surface area contributed by atoms with Crippen molar-refractivity contribution in [2.24, 2.45) is 0 Å². The van der Waals surface area contributed by atoms with E-state index in [1.807, 2.05) is 30.3 Å². The first-order valence-corrected chi connectivity index (χ1v) is 4.70. The van der Waals surface area contributed by atoms with Gasteiger partial charge < -0.3 is 4.74 Å². The molecule has 1 heterocycles. The summed E-state index contributed by atoms with van der Waals surface area (Å²) in [5.41, 5.74) is 1.41. The maximum atomic E-state index is 11.2. The number of carbonyl (C=O) groups is 1. The maximum Gasteiger partial charge on any atom is 0.336 e. The van der Waals surface area contributed by atoms with Gasteiger partial charge in [0, 0.05) is 0 Å². The molecule has 1 aliphatic heterocycles. The fourth-order valence-electron chi connectivity index (χ4n) is 1.38. The van der Waals surface area contributed by atoms with Crippen molar-refractivity contribution in [3.8, 4) is 0 Å². The third kappa shape index (κ3) is 1.42. The van der Waals surface area contributed by atoms with Crippen molar-refractivity contribution in [1.82, 2.24) is 0 Å². The molecule has 3 heteroatoms. The highest BCUT2D eigenvalue weighted by atomic mass is 35.5. The lowest BCUT2D eigenvalue weighted by Crippen LogP contribution is -2.01. The molecule has 0 spiro atoms. The Kier molecular flexibility index (Phi) is 2.30. The van der Waals surface area contributed by atoms with Crippen molar-refractivity contribution < 1.29 is 9.53 Å². The molecule has 0 bridgehead atoms. The molecule has 2 nitrogen and oxygen atoms in total. The topological polar surface area (TPSA) is 26.3 Å². The molecule has 1 aromatic rings. The number of ether oxygens (including phenoxy) is 1. The third-order valence-corrected chi connectivity index (χ3v) is 2.70. The Morgan fingerprint density at radius 2 is 1.93 bits per heavy atom. The summed E-state index contributed by atoms with van der Waals surface area (Å²) < 4.78 is 5.13. The monoisotopic (exact) mass is 208 g/mol. The van der Waals surface area contributed by atoms with Gasteiger partial charge in [-0.1, -0.05) is 41.9 Å². The maximum absolute atomic E-state index is 11.2. The average Bonchev–Trinajstić information content (AvgIpc) is 2.47. The first kappa shape index (κ1) is 9.28. The summed E-state index contributed by atoms with van der Waals surface area (Å²) in [6.45, 7) is 1.67. The largest absolute Gasteiger partial charge is 0.448 e. The molecule has 0 N–H and O–H groups in total. The van der Waals surface area contributed by atoms with Crippen molar-refractivity contribution in [3.63, 3.8) is 0 Å². The second-order valence-electron chi connectivity index (χ2n) is 3.17. The lowest BCUT2D eigenvalue weighted by molar-refractivity contribution is -0.139. The number of hydrogen-bond acceptors (Lipinski definition) is 2. The molecule has 1 aliphatic rings. The molecule has 0 aromatic heterocycles. The van der Waals surface area contributed by atoms with E-state index in [0.717, 1.165) is 5.56 Å². The van der Waals surface area contributed by atoms with Gasteiger partial charge in [0.05, 0.1) is 10.6 Å². The summed E-state index contributed by atoms with van der Waals surface area (Å²) in [4.78, 5) is 11.2. The molecular formula is C11H9ClO2. The van der Waals surface area contributed by atoms with Gasteiger partial charge in [-0.05, 0) is 12.5 Å². The second-order valence-corrected chi connectivity index (χ2v) is 3.58. The van der Waals surface area contributed by atoms with E-state index in [9.17, 15) is 4.79 Å². The van der Waals surface area contributed by atoms with Crippen LogP contribution in [0.2, 0.25) is 0 Å². The van der Waals surface area contributed by atoms with Gasteiger partial charge in [-0.3, -0.25) is 0 Å². The normalized spacial score (nSPS) is 21.3. The zero-order valence-corrected chi connectivity index (χ0v) is 8.41. The van der Waals surface area contributed by atoms with E-state index in [4.69, 9.17) is 16.3 Å². The average molecular weight is 209 g/mol. The first-order valence-electron chi connectivity index (χ1n) is 4.32. The number of carbonyl (C=O) groups excluding carboxylic acids is 1. The SMILES string of the molecule is CC1=C(Cl)[C@@H](c2ccccc2)OC1=O. The molecule has 0 radical (unpaired) electrons. The van der Waals surface area contributed by atoms with Crippen LogP contribution in [0.4, 0.5) is 0 Å². The van der Waals surface area contributed by atoms with Gasteiger partial charge in [-0.2, -0.15) is 0 Å². The molecule has 0 unspecified atom stereocenters. The zero-order chi connectivity index (χ0) is 10.1. The minimum absolute atomic E-state index is 0.330. The molecule has 0 saturated carbocycles. The lowest BCUT2D eigenvalue weighted by atomic mass is 10.1. The quantitative estimate of drug-likeness (QED) is 0.664. The van der Waals surface area contributed by atoms with E-state index in [1.165, 1.54) is 0 Å². The van der Waals surface area contributed by atoms with Crippen LogP contribution in [0.3, 0.4) is 0 Å². The Morgan fingerprint density at radius 3 is 2.43 bits per heavy atom.